The molecule has 35 heavy (non-hydrogen) atoms. The number of carbonyl (C=O) groups excluding carboxylic acids is 2. The number of primary sulfonamides is 1. The Hall–Kier alpha value is -2.22. The highest BCUT2D eigenvalue weighted by atomic mass is 35.5. The molecule has 0 bridgehead atoms. The van der Waals surface area contributed by atoms with Crippen LogP contribution < -0.4 is 16.2 Å². The lowest BCUT2D eigenvalue weighted by molar-refractivity contribution is -0.129. The van der Waals surface area contributed by atoms with Crippen molar-refractivity contribution in [3.05, 3.63) is 64.1 Å². The van der Waals surface area contributed by atoms with Crippen molar-refractivity contribution in [1.29, 1.82) is 0 Å². The van der Waals surface area contributed by atoms with E-state index in [1.165, 1.54) is 18.2 Å². The number of benzene rings is 2. The second kappa shape index (κ2) is 12.2. The summed E-state index contributed by atoms with van der Waals surface area (Å²) in [5.74, 6) is -1.26. The maximum Gasteiger partial charge on any atom is 0.243 e. The Morgan fingerprint density at radius 1 is 1.09 bits per heavy atom. The van der Waals surface area contributed by atoms with E-state index in [1.54, 1.807) is 0 Å². The Morgan fingerprint density at radius 2 is 1.63 bits per heavy atom. The van der Waals surface area contributed by atoms with Gasteiger partial charge in [-0.25, -0.2) is 22.0 Å². The summed E-state index contributed by atoms with van der Waals surface area (Å²) in [4.78, 5) is 24.7. The normalized spacial score (nSPS) is 17.2. The predicted molar refractivity (Wildman–Crippen MR) is 134 cm³/mol. The topological polar surface area (TPSA) is 170 Å². The molecule has 1 fully saturated rings. The fourth-order valence-electron chi connectivity index (χ4n) is 3.44. The van der Waals surface area contributed by atoms with Crippen LogP contribution in [0.15, 0.2) is 53.4 Å². The summed E-state index contributed by atoms with van der Waals surface area (Å²) >= 11 is 11.9. The van der Waals surface area contributed by atoms with Crippen molar-refractivity contribution in [1.82, 2.24) is 9.62 Å². The van der Waals surface area contributed by atoms with E-state index in [4.69, 9.17) is 28.9 Å². The van der Waals surface area contributed by atoms with E-state index in [9.17, 15) is 26.4 Å². The van der Waals surface area contributed by atoms with E-state index in [-0.39, 0.29) is 27.9 Å². The molecule has 0 aromatic heterocycles. The summed E-state index contributed by atoms with van der Waals surface area (Å²) in [6, 6.07) is 11.2. The number of nitrogens with two attached hydrogens (primary N) is 2. The minimum absolute atomic E-state index is 0.0876. The molecule has 2 atom stereocenters. The Morgan fingerprint density at radius 3 is 2.14 bits per heavy atom. The second-order valence-electron chi connectivity index (χ2n) is 7.86. The van der Waals surface area contributed by atoms with Gasteiger partial charge in [-0.3, -0.25) is 9.59 Å². The van der Waals surface area contributed by atoms with Gasteiger partial charge in [0.15, 0.2) is 0 Å². The lowest BCUT2D eigenvalue weighted by Gasteiger charge is -2.25. The van der Waals surface area contributed by atoms with Crippen molar-refractivity contribution in [3.63, 3.8) is 0 Å². The maximum atomic E-state index is 13.1. The molecule has 2 aromatic rings. The third kappa shape index (κ3) is 9.06. The number of amides is 2. The van der Waals surface area contributed by atoms with E-state index in [0.29, 0.717) is 12.8 Å². The highest BCUT2D eigenvalue weighted by Gasteiger charge is 2.40. The third-order valence-corrected chi connectivity index (χ3v) is 7.21. The molecule has 2 amide bonds. The maximum absolute atomic E-state index is 13.1. The van der Waals surface area contributed by atoms with Gasteiger partial charge in [0, 0.05) is 23.0 Å². The largest absolute Gasteiger partial charge is 0.368 e. The van der Waals surface area contributed by atoms with Crippen LogP contribution in [0.5, 0.6) is 0 Å². The molecule has 3 rings (SSSR count). The summed E-state index contributed by atoms with van der Waals surface area (Å²) in [5.41, 5.74) is 6.29. The number of sulfonamides is 2. The Labute approximate surface area is 214 Å². The van der Waals surface area contributed by atoms with Crippen LogP contribution in [0.1, 0.15) is 18.4 Å². The van der Waals surface area contributed by atoms with Gasteiger partial charge in [0.05, 0.1) is 11.2 Å². The van der Waals surface area contributed by atoms with Crippen molar-refractivity contribution < 1.29 is 26.4 Å². The van der Waals surface area contributed by atoms with Gasteiger partial charge in [0.2, 0.25) is 31.9 Å². The predicted octanol–water partition coefficient (Wildman–Crippen LogP) is 1.26. The molecule has 14 heteroatoms. The summed E-state index contributed by atoms with van der Waals surface area (Å²) in [7, 11) is -7.17. The van der Waals surface area contributed by atoms with E-state index < -0.39 is 43.9 Å². The average Bonchev–Trinajstić information content (AvgIpc) is 3.23. The van der Waals surface area contributed by atoms with Gasteiger partial charge in [-0.2, -0.15) is 4.31 Å². The van der Waals surface area contributed by atoms with Crippen LogP contribution in [0.2, 0.25) is 10.0 Å². The number of rotatable bonds is 7. The highest BCUT2D eigenvalue weighted by molar-refractivity contribution is 7.89. The third-order valence-electron chi connectivity index (χ3n) is 4.89. The standard InChI is InChI=1S/C20H21Cl2N3O4S.CH5NO2S/c21-14-10-15(22)12-16(11-14)30(28,29)25-8-4-7-18(25)20(27)24-17(19(23)26)9-13-5-2-1-3-6-13;1-5(2,3)4/h1-3,5-6,10-12,17-18H,4,7-9H2,(H2,23,26)(H,24,27);1H3,(H2,2,3,4)/t17-,18-;/m0./s1. The van der Waals surface area contributed by atoms with Crippen LogP contribution >= 0.6 is 23.2 Å². The Kier molecular flexibility index (Phi) is 10.1. The summed E-state index contributed by atoms with van der Waals surface area (Å²) in [6.07, 6.45) is 1.99. The van der Waals surface area contributed by atoms with Gasteiger partial charge >= 0.3 is 0 Å². The van der Waals surface area contributed by atoms with Crippen LogP contribution in [-0.4, -0.2) is 57.8 Å². The van der Waals surface area contributed by atoms with Gasteiger partial charge in [0.1, 0.15) is 12.1 Å². The van der Waals surface area contributed by atoms with E-state index in [0.717, 1.165) is 16.1 Å². The van der Waals surface area contributed by atoms with Gasteiger partial charge in [-0.1, -0.05) is 53.5 Å². The Balaban J connectivity index is 0.000000784. The van der Waals surface area contributed by atoms with Gasteiger partial charge in [-0.15, -0.1) is 0 Å². The molecule has 5 N–H and O–H groups in total. The molecule has 1 aliphatic heterocycles. The van der Waals surface area contributed by atoms with E-state index in [1.807, 2.05) is 30.3 Å². The quantitative estimate of drug-likeness (QED) is 0.457. The van der Waals surface area contributed by atoms with Crippen molar-refractivity contribution in [2.75, 3.05) is 12.8 Å². The zero-order chi connectivity index (χ0) is 26.4. The first-order valence-electron chi connectivity index (χ1n) is 10.3. The number of hydrogen-bond acceptors (Lipinski definition) is 6. The second-order valence-corrected chi connectivity index (χ2v) is 12.3. The molecule has 2 aromatic carbocycles. The minimum Gasteiger partial charge on any atom is -0.368 e. The van der Waals surface area contributed by atoms with Crippen LogP contribution in [0.4, 0.5) is 0 Å². The number of nitrogens with one attached hydrogen (secondary N) is 1. The lowest BCUT2D eigenvalue weighted by Crippen LogP contribution is -2.52. The smallest absolute Gasteiger partial charge is 0.243 e. The fraction of sp³-hybridized carbons (Fsp3) is 0.333. The molecule has 10 nitrogen and oxygen atoms in total. The zero-order valence-corrected chi connectivity index (χ0v) is 21.9. The summed E-state index contributed by atoms with van der Waals surface area (Å²) < 4.78 is 46.1. The SMILES string of the molecule is CS(N)(=O)=O.NC(=O)[C@H](Cc1ccccc1)NC(=O)[C@@H]1CCCN1S(=O)(=O)c1cc(Cl)cc(Cl)c1. The highest BCUT2D eigenvalue weighted by Crippen LogP contribution is 2.29. The first kappa shape index (κ1) is 29.0. The van der Waals surface area contributed by atoms with Crippen molar-refractivity contribution in [3.8, 4) is 0 Å². The molecule has 1 saturated heterocycles. The molecule has 1 aliphatic rings. The van der Waals surface area contributed by atoms with Gasteiger partial charge in [0.25, 0.3) is 0 Å². The van der Waals surface area contributed by atoms with Crippen LogP contribution in [-0.2, 0) is 36.1 Å². The first-order valence-corrected chi connectivity index (χ1v) is 14.4. The molecular weight excluding hydrogens is 539 g/mol. The molecular formula is C21H26Cl2N4O6S2. The number of carbonyl (C=O) groups is 2. The molecule has 0 spiro atoms. The number of halogens is 2. The van der Waals surface area contributed by atoms with Gasteiger partial charge in [-0.05, 0) is 36.6 Å². The van der Waals surface area contributed by atoms with Crippen molar-refractivity contribution in [2.24, 2.45) is 10.9 Å². The van der Waals surface area contributed by atoms with Crippen molar-refractivity contribution >= 4 is 55.1 Å². The molecule has 0 saturated carbocycles. The Bertz CT molecular complexity index is 1250. The van der Waals surface area contributed by atoms with Crippen molar-refractivity contribution in [2.45, 2.75) is 36.2 Å². The first-order chi connectivity index (χ1) is 16.2. The van der Waals surface area contributed by atoms with Crippen LogP contribution in [0.25, 0.3) is 0 Å². The van der Waals surface area contributed by atoms with E-state index in [2.05, 4.69) is 10.5 Å². The lowest BCUT2D eigenvalue weighted by atomic mass is 10.0. The minimum atomic E-state index is -4.01. The fourth-order valence-corrected chi connectivity index (χ4v) is 5.83. The van der Waals surface area contributed by atoms with Crippen LogP contribution in [0.3, 0.4) is 0 Å². The monoisotopic (exact) mass is 564 g/mol. The summed E-state index contributed by atoms with van der Waals surface area (Å²) in [6.45, 7) is 0.171. The molecule has 192 valence electrons. The average molecular weight is 566 g/mol. The molecule has 1 heterocycles. The number of hydrogen-bond donors (Lipinski definition) is 3. The molecule has 0 radical (unpaired) electrons. The van der Waals surface area contributed by atoms with Crippen LogP contribution in [0, 0.1) is 0 Å². The van der Waals surface area contributed by atoms with Gasteiger partial charge < -0.3 is 11.1 Å². The molecule has 0 aliphatic carbocycles. The van der Waals surface area contributed by atoms with E-state index >= 15 is 0 Å². The number of nitrogens with zero attached hydrogens (tertiary/aromatic N) is 1. The summed E-state index contributed by atoms with van der Waals surface area (Å²) in [5, 5.41) is 7.30. The number of primary amides is 1. The molecule has 0 unspecified atom stereocenters. The zero-order valence-electron chi connectivity index (χ0n) is 18.7.